The van der Waals surface area contributed by atoms with Gasteiger partial charge in [0.2, 0.25) is 0 Å². The number of aromatic nitrogens is 1. The fraction of sp³-hybridized carbons (Fsp3) is 0.611. The van der Waals surface area contributed by atoms with E-state index in [2.05, 4.69) is 15.2 Å². The first-order valence-corrected chi connectivity index (χ1v) is 8.98. The number of hydrogen-bond acceptors (Lipinski definition) is 5. The van der Waals surface area contributed by atoms with Crippen LogP contribution in [0.3, 0.4) is 0 Å². The van der Waals surface area contributed by atoms with E-state index in [1.165, 1.54) is 12.8 Å². The van der Waals surface area contributed by atoms with Crippen LogP contribution < -0.4 is 5.32 Å². The van der Waals surface area contributed by atoms with Crippen molar-refractivity contribution in [1.82, 2.24) is 14.8 Å². The van der Waals surface area contributed by atoms with Gasteiger partial charge in [-0.2, -0.15) is 0 Å². The SMILES string of the molecule is CNc1cc(C(=O)N2CCN(C3CCCC3)CC(C(=O)O)C2)ccn1. The second kappa shape index (κ2) is 7.82. The van der Waals surface area contributed by atoms with E-state index in [0.29, 0.717) is 30.5 Å². The van der Waals surface area contributed by atoms with Gasteiger partial charge in [-0.1, -0.05) is 12.8 Å². The summed E-state index contributed by atoms with van der Waals surface area (Å²) in [7, 11) is 1.75. The number of carboxylic acid groups (broad SMARTS) is 1. The molecule has 2 heterocycles. The standard InChI is InChI=1S/C18H26N4O3/c1-19-16-10-13(6-7-20-16)17(23)22-9-8-21(15-4-2-3-5-15)11-14(12-22)18(24)25/h6-7,10,14-15H,2-5,8-9,11-12H2,1H3,(H,19,20)(H,24,25). The molecule has 25 heavy (non-hydrogen) atoms. The highest BCUT2D eigenvalue weighted by molar-refractivity contribution is 5.95. The van der Waals surface area contributed by atoms with Crippen LogP contribution in [0.15, 0.2) is 18.3 Å². The fourth-order valence-corrected chi connectivity index (χ4v) is 3.86. The lowest BCUT2D eigenvalue weighted by Crippen LogP contribution is -2.39. The van der Waals surface area contributed by atoms with Crippen LogP contribution in [0.2, 0.25) is 0 Å². The monoisotopic (exact) mass is 346 g/mol. The third-order valence-electron chi connectivity index (χ3n) is 5.29. The van der Waals surface area contributed by atoms with Crippen LogP contribution in [0.4, 0.5) is 5.82 Å². The molecule has 1 aromatic rings. The number of nitrogens with zero attached hydrogens (tertiary/aromatic N) is 3. The average molecular weight is 346 g/mol. The second-order valence-electron chi connectivity index (χ2n) is 6.90. The maximum atomic E-state index is 12.9. The number of aliphatic carboxylic acids is 1. The topological polar surface area (TPSA) is 85.8 Å². The summed E-state index contributed by atoms with van der Waals surface area (Å²) in [6.07, 6.45) is 6.29. The molecule has 1 amide bonds. The molecule has 0 bridgehead atoms. The van der Waals surface area contributed by atoms with E-state index >= 15 is 0 Å². The lowest BCUT2D eigenvalue weighted by molar-refractivity contribution is -0.142. The zero-order valence-electron chi connectivity index (χ0n) is 14.6. The van der Waals surface area contributed by atoms with Crippen LogP contribution in [0.25, 0.3) is 0 Å². The van der Waals surface area contributed by atoms with Crippen molar-refractivity contribution in [3.8, 4) is 0 Å². The predicted molar refractivity (Wildman–Crippen MR) is 94.6 cm³/mol. The Morgan fingerprint density at radius 2 is 2.00 bits per heavy atom. The first kappa shape index (κ1) is 17.7. The van der Waals surface area contributed by atoms with Gasteiger partial charge in [-0.25, -0.2) is 4.98 Å². The van der Waals surface area contributed by atoms with Crippen LogP contribution in [0.5, 0.6) is 0 Å². The van der Waals surface area contributed by atoms with Gasteiger partial charge in [0.1, 0.15) is 5.82 Å². The number of hydrogen-bond donors (Lipinski definition) is 2. The summed E-state index contributed by atoms with van der Waals surface area (Å²) in [6, 6.07) is 3.85. The van der Waals surface area contributed by atoms with Gasteiger partial charge in [-0.15, -0.1) is 0 Å². The number of anilines is 1. The summed E-state index contributed by atoms with van der Waals surface area (Å²) in [4.78, 5) is 32.7. The maximum Gasteiger partial charge on any atom is 0.309 e. The summed E-state index contributed by atoms with van der Waals surface area (Å²) in [6.45, 7) is 2.09. The quantitative estimate of drug-likeness (QED) is 0.860. The third kappa shape index (κ3) is 4.10. The highest BCUT2D eigenvalue weighted by atomic mass is 16.4. The molecule has 1 aliphatic carbocycles. The number of amides is 1. The van der Waals surface area contributed by atoms with E-state index in [1.807, 2.05) is 0 Å². The Hall–Kier alpha value is -2.15. The molecule has 1 atom stereocenters. The molecule has 1 saturated heterocycles. The first-order chi connectivity index (χ1) is 12.1. The Balaban J connectivity index is 1.76. The van der Waals surface area contributed by atoms with Crippen molar-refractivity contribution < 1.29 is 14.7 Å². The molecule has 7 heteroatoms. The van der Waals surface area contributed by atoms with Crippen molar-refractivity contribution in [2.75, 3.05) is 38.5 Å². The number of carboxylic acids is 1. The number of carbonyl (C=O) groups excluding carboxylic acids is 1. The lowest BCUT2D eigenvalue weighted by atomic mass is 10.1. The minimum absolute atomic E-state index is 0.126. The zero-order chi connectivity index (χ0) is 17.8. The smallest absolute Gasteiger partial charge is 0.309 e. The second-order valence-corrected chi connectivity index (χ2v) is 6.90. The summed E-state index contributed by atoms with van der Waals surface area (Å²) >= 11 is 0. The van der Waals surface area contributed by atoms with Crippen molar-refractivity contribution in [3.63, 3.8) is 0 Å². The van der Waals surface area contributed by atoms with Gasteiger partial charge in [0.15, 0.2) is 0 Å². The van der Waals surface area contributed by atoms with Crippen LogP contribution in [-0.2, 0) is 4.79 Å². The number of rotatable bonds is 4. The van der Waals surface area contributed by atoms with E-state index in [0.717, 1.165) is 19.4 Å². The molecule has 2 aliphatic rings. The van der Waals surface area contributed by atoms with E-state index in [4.69, 9.17) is 0 Å². The van der Waals surface area contributed by atoms with E-state index in [-0.39, 0.29) is 12.5 Å². The summed E-state index contributed by atoms with van der Waals surface area (Å²) < 4.78 is 0. The minimum atomic E-state index is -0.826. The molecule has 0 aromatic carbocycles. The largest absolute Gasteiger partial charge is 0.481 e. The average Bonchev–Trinajstić information content (AvgIpc) is 3.07. The van der Waals surface area contributed by atoms with Crippen LogP contribution in [0.1, 0.15) is 36.0 Å². The first-order valence-electron chi connectivity index (χ1n) is 8.98. The number of pyridine rings is 1. The van der Waals surface area contributed by atoms with Gasteiger partial charge in [-0.3, -0.25) is 14.5 Å². The van der Waals surface area contributed by atoms with Crippen LogP contribution in [-0.4, -0.2) is 71.0 Å². The van der Waals surface area contributed by atoms with Crippen molar-refractivity contribution in [2.24, 2.45) is 5.92 Å². The Kier molecular flexibility index (Phi) is 5.53. The Morgan fingerprint density at radius 1 is 1.24 bits per heavy atom. The van der Waals surface area contributed by atoms with Gasteiger partial charge in [0.25, 0.3) is 5.91 Å². The molecule has 2 N–H and O–H groups in total. The molecule has 136 valence electrons. The molecular weight excluding hydrogens is 320 g/mol. The molecule has 2 fully saturated rings. The Labute approximate surface area is 148 Å². The molecule has 1 unspecified atom stereocenters. The highest BCUT2D eigenvalue weighted by Crippen LogP contribution is 2.26. The minimum Gasteiger partial charge on any atom is -0.481 e. The third-order valence-corrected chi connectivity index (χ3v) is 5.29. The predicted octanol–water partition coefficient (Wildman–Crippen LogP) is 1.52. The molecule has 3 rings (SSSR count). The van der Waals surface area contributed by atoms with Gasteiger partial charge in [-0.05, 0) is 25.0 Å². The van der Waals surface area contributed by atoms with Gasteiger partial charge in [0.05, 0.1) is 5.92 Å². The van der Waals surface area contributed by atoms with Crippen molar-refractivity contribution >= 4 is 17.7 Å². The van der Waals surface area contributed by atoms with Crippen LogP contribution in [0, 0.1) is 5.92 Å². The van der Waals surface area contributed by atoms with Crippen molar-refractivity contribution in [2.45, 2.75) is 31.7 Å². The van der Waals surface area contributed by atoms with Crippen molar-refractivity contribution in [1.29, 1.82) is 0 Å². The molecule has 7 nitrogen and oxygen atoms in total. The van der Waals surface area contributed by atoms with E-state index < -0.39 is 11.9 Å². The lowest BCUT2D eigenvalue weighted by Gasteiger charge is -2.28. The molecular formula is C18H26N4O3. The zero-order valence-corrected chi connectivity index (χ0v) is 14.6. The number of nitrogens with one attached hydrogen (secondary N) is 1. The van der Waals surface area contributed by atoms with Gasteiger partial charge < -0.3 is 15.3 Å². The van der Waals surface area contributed by atoms with Gasteiger partial charge >= 0.3 is 5.97 Å². The van der Waals surface area contributed by atoms with Crippen LogP contribution >= 0.6 is 0 Å². The Morgan fingerprint density at radius 3 is 2.68 bits per heavy atom. The summed E-state index contributed by atoms with van der Waals surface area (Å²) in [5.41, 5.74) is 0.540. The summed E-state index contributed by atoms with van der Waals surface area (Å²) in [5, 5.41) is 12.5. The number of carbonyl (C=O) groups is 2. The highest BCUT2D eigenvalue weighted by Gasteiger charge is 2.33. The maximum absolute atomic E-state index is 12.9. The molecule has 0 radical (unpaired) electrons. The molecule has 1 aliphatic heterocycles. The molecule has 1 saturated carbocycles. The van der Waals surface area contributed by atoms with Crippen molar-refractivity contribution in [3.05, 3.63) is 23.9 Å². The summed E-state index contributed by atoms with van der Waals surface area (Å²) in [5.74, 6) is -0.868. The molecule has 0 spiro atoms. The Bertz CT molecular complexity index is 631. The van der Waals surface area contributed by atoms with E-state index in [9.17, 15) is 14.7 Å². The van der Waals surface area contributed by atoms with E-state index in [1.54, 1.807) is 30.3 Å². The normalized spacial score (nSPS) is 22.6. The fourth-order valence-electron chi connectivity index (χ4n) is 3.86. The molecule has 1 aromatic heterocycles. The van der Waals surface area contributed by atoms with Gasteiger partial charge in [0, 0.05) is 51.0 Å².